The minimum absolute atomic E-state index is 0.00231. The lowest BCUT2D eigenvalue weighted by Crippen LogP contribution is -2.37. The topological polar surface area (TPSA) is 64.0 Å². The normalized spacial score (nSPS) is 24.4. The zero-order chi connectivity index (χ0) is 13.1. The molecule has 0 unspecified atom stereocenters. The third-order valence-corrected chi connectivity index (χ3v) is 3.85. The molecule has 0 spiro atoms. The summed E-state index contributed by atoms with van der Waals surface area (Å²) < 4.78 is 0. The van der Waals surface area contributed by atoms with Gasteiger partial charge in [0.25, 0.3) is 0 Å². The van der Waals surface area contributed by atoms with Crippen molar-refractivity contribution in [3.8, 4) is 0 Å². The van der Waals surface area contributed by atoms with Gasteiger partial charge < -0.3 is 15.1 Å². The van der Waals surface area contributed by atoms with E-state index < -0.39 is 12.2 Å². The summed E-state index contributed by atoms with van der Waals surface area (Å²) in [5.74, 6) is 0.00231. The van der Waals surface area contributed by atoms with Crippen molar-refractivity contribution in [1.82, 2.24) is 9.80 Å². The van der Waals surface area contributed by atoms with E-state index in [1.165, 1.54) is 0 Å². The number of thiophene rings is 1. The smallest absolute Gasteiger partial charge is 0.236 e. The van der Waals surface area contributed by atoms with E-state index in [1.807, 2.05) is 16.8 Å². The van der Waals surface area contributed by atoms with Crippen molar-refractivity contribution in [3.05, 3.63) is 22.4 Å². The maximum atomic E-state index is 12.0. The second-order valence-electron chi connectivity index (χ2n) is 4.71. The van der Waals surface area contributed by atoms with Crippen molar-refractivity contribution in [2.45, 2.75) is 18.8 Å². The van der Waals surface area contributed by atoms with Gasteiger partial charge in [-0.15, -0.1) is 0 Å². The molecule has 1 aromatic heterocycles. The number of hydrogen-bond donors (Lipinski definition) is 2. The van der Waals surface area contributed by atoms with Crippen molar-refractivity contribution in [3.63, 3.8) is 0 Å². The zero-order valence-corrected chi connectivity index (χ0v) is 11.1. The Labute approximate surface area is 110 Å². The fraction of sp³-hybridized carbons (Fsp3) is 0.583. The van der Waals surface area contributed by atoms with Crippen molar-refractivity contribution >= 4 is 17.2 Å². The molecule has 0 radical (unpaired) electrons. The van der Waals surface area contributed by atoms with E-state index in [0.717, 1.165) is 5.56 Å². The highest BCUT2D eigenvalue weighted by Crippen LogP contribution is 2.11. The van der Waals surface area contributed by atoms with Crippen LogP contribution in [0.2, 0.25) is 0 Å². The van der Waals surface area contributed by atoms with Gasteiger partial charge in [0.05, 0.1) is 18.8 Å². The molecular weight excluding hydrogens is 252 g/mol. The quantitative estimate of drug-likeness (QED) is 0.791. The number of aliphatic hydroxyl groups excluding tert-OH is 2. The summed E-state index contributed by atoms with van der Waals surface area (Å²) in [6, 6.07) is 2.00. The van der Waals surface area contributed by atoms with E-state index in [0.29, 0.717) is 19.6 Å². The molecule has 1 fully saturated rings. The van der Waals surface area contributed by atoms with Crippen LogP contribution in [-0.4, -0.2) is 64.8 Å². The third kappa shape index (κ3) is 3.29. The number of carbonyl (C=O) groups excluding carboxylic acids is 1. The minimum Gasteiger partial charge on any atom is -0.389 e. The maximum Gasteiger partial charge on any atom is 0.236 e. The fourth-order valence-corrected chi connectivity index (χ4v) is 2.69. The predicted molar refractivity (Wildman–Crippen MR) is 69.2 cm³/mol. The first-order valence-corrected chi connectivity index (χ1v) is 6.84. The minimum atomic E-state index is -0.736. The van der Waals surface area contributed by atoms with Crippen LogP contribution >= 0.6 is 11.3 Å². The SMILES string of the molecule is CN(Cc1ccsc1)C(=O)CN1C[C@@H](O)[C@@H](O)C1. The lowest BCUT2D eigenvalue weighted by atomic mass is 10.3. The molecule has 1 aliphatic heterocycles. The number of carbonyl (C=O) groups is 1. The molecule has 0 aromatic carbocycles. The van der Waals surface area contributed by atoms with Crippen LogP contribution in [0.1, 0.15) is 5.56 Å². The Hall–Kier alpha value is -0.950. The Morgan fingerprint density at radius 3 is 2.72 bits per heavy atom. The van der Waals surface area contributed by atoms with Crippen LogP contribution in [0, 0.1) is 0 Å². The van der Waals surface area contributed by atoms with Crippen molar-refractivity contribution in [2.75, 3.05) is 26.7 Å². The standard InChI is InChI=1S/C12H18N2O3S/c1-13(4-9-2-3-18-8-9)12(17)7-14-5-10(15)11(16)6-14/h2-3,8,10-11,15-16H,4-7H2,1H3/t10-,11+. The number of β-amino-alcohol motifs (C(OH)–C–C–N with tert-alkyl or cyclic N) is 2. The van der Waals surface area contributed by atoms with Crippen molar-refractivity contribution < 1.29 is 15.0 Å². The average Bonchev–Trinajstić information content (AvgIpc) is 2.90. The monoisotopic (exact) mass is 270 g/mol. The highest BCUT2D eigenvalue weighted by molar-refractivity contribution is 7.07. The first kappa shape index (κ1) is 13.5. The van der Waals surface area contributed by atoms with Crippen LogP contribution in [0.15, 0.2) is 16.8 Å². The molecule has 0 saturated carbocycles. The predicted octanol–water partition coefficient (Wildman–Crippen LogP) is -0.256. The van der Waals surface area contributed by atoms with Gasteiger partial charge in [-0.05, 0) is 22.4 Å². The van der Waals surface area contributed by atoms with Gasteiger partial charge in [-0.3, -0.25) is 9.69 Å². The molecule has 2 rings (SSSR count). The molecule has 1 amide bonds. The van der Waals surface area contributed by atoms with Crippen LogP contribution in [-0.2, 0) is 11.3 Å². The van der Waals surface area contributed by atoms with E-state index in [9.17, 15) is 15.0 Å². The van der Waals surface area contributed by atoms with E-state index in [4.69, 9.17) is 0 Å². The molecule has 100 valence electrons. The average molecular weight is 270 g/mol. The Morgan fingerprint density at radius 1 is 1.50 bits per heavy atom. The van der Waals surface area contributed by atoms with Gasteiger partial charge in [0.2, 0.25) is 5.91 Å². The van der Waals surface area contributed by atoms with Gasteiger partial charge in [-0.25, -0.2) is 0 Å². The van der Waals surface area contributed by atoms with Gasteiger partial charge in [0, 0.05) is 26.7 Å². The van der Waals surface area contributed by atoms with Gasteiger partial charge in [0.1, 0.15) is 0 Å². The Morgan fingerprint density at radius 2 is 2.17 bits per heavy atom. The highest BCUT2D eigenvalue weighted by Gasteiger charge is 2.30. The molecule has 5 nitrogen and oxygen atoms in total. The van der Waals surface area contributed by atoms with Crippen molar-refractivity contribution in [2.24, 2.45) is 0 Å². The van der Waals surface area contributed by atoms with Crippen LogP contribution in [0.3, 0.4) is 0 Å². The van der Waals surface area contributed by atoms with Gasteiger partial charge in [-0.1, -0.05) is 0 Å². The van der Waals surface area contributed by atoms with E-state index in [2.05, 4.69) is 0 Å². The highest BCUT2D eigenvalue weighted by atomic mass is 32.1. The summed E-state index contributed by atoms with van der Waals surface area (Å²) in [5.41, 5.74) is 1.12. The number of amides is 1. The summed E-state index contributed by atoms with van der Waals surface area (Å²) >= 11 is 1.61. The molecule has 1 aromatic rings. The molecule has 18 heavy (non-hydrogen) atoms. The van der Waals surface area contributed by atoms with E-state index in [1.54, 1.807) is 28.2 Å². The van der Waals surface area contributed by atoms with Crippen LogP contribution < -0.4 is 0 Å². The molecule has 1 saturated heterocycles. The summed E-state index contributed by atoms with van der Waals surface area (Å²) in [6.07, 6.45) is -1.47. The molecule has 0 bridgehead atoms. The van der Waals surface area contributed by atoms with Gasteiger partial charge in [-0.2, -0.15) is 11.3 Å². The Bertz CT molecular complexity index is 386. The molecule has 0 aliphatic carbocycles. The maximum absolute atomic E-state index is 12.0. The molecule has 1 aliphatic rings. The molecular formula is C12H18N2O3S. The summed E-state index contributed by atoms with van der Waals surface area (Å²) in [6.45, 7) is 1.56. The number of likely N-dealkylation sites (tertiary alicyclic amines) is 1. The Balaban J connectivity index is 1.81. The number of rotatable bonds is 4. The third-order valence-electron chi connectivity index (χ3n) is 3.12. The first-order chi connectivity index (χ1) is 8.56. The molecule has 6 heteroatoms. The number of likely N-dealkylation sites (N-methyl/N-ethyl adjacent to an activating group) is 1. The second-order valence-corrected chi connectivity index (χ2v) is 5.49. The number of hydrogen-bond acceptors (Lipinski definition) is 5. The van der Waals surface area contributed by atoms with Crippen LogP contribution in [0.4, 0.5) is 0 Å². The number of aliphatic hydroxyl groups is 2. The van der Waals surface area contributed by atoms with Crippen LogP contribution in [0.5, 0.6) is 0 Å². The summed E-state index contributed by atoms with van der Waals surface area (Å²) in [7, 11) is 1.77. The first-order valence-electron chi connectivity index (χ1n) is 5.90. The molecule has 2 heterocycles. The lowest BCUT2D eigenvalue weighted by molar-refractivity contribution is -0.131. The largest absolute Gasteiger partial charge is 0.389 e. The number of nitrogens with zero attached hydrogens (tertiary/aromatic N) is 2. The fourth-order valence-electron chi connectivity index (χ4n) is 2.03. The Kier molecular flexibility index (Phi) is 4.34. The van der Waals surface area contributed by atoms with E-state index >= 15 is 0 Å². The summed E-state index contributed by atoms with van der Waals surface area (Å²) in [5, 5.41) is 22.8. The van der Waals surface area contributed by atoms with Gasteiger partial charge in [0.15, 0.2) is 0 Å². The van der Waals surface area contributed by atoms with Crippen molar-refractivity contribution in [1.29, 1.82) is 0 Å². The molecule has 2 atom stereocenters. The second kappa shape index (κ2) is 5.79. The lowest BCUT2D eigenvalue weighted by Gasteiger charge is -2.20. The molecule has 2 N–H and O–H groups in total. The zero-order valence-electron chi connectivity index (χ0n) is 10.3. The van der Waals surface area contributed by atoms with E-state index in [-0.39, 0.29) is 12.5 Å². The van der Waals surface area contributed by atoms with Gasteiger partial charge >= 0.3 is 0 Å². The van der Waals surface area contributed by atoms with Crippen LogP contribution in [0.25, 0.3) is 0 Å². The summed E-state index contributed by atoms with van der Waals surface area (Å²) in [4.78, 5) is 15.4.